The lowest BCUT2D eigenvalue weighted by Crippen LogP contribution is -2.59. The molecule has 1 aromatic rings. The summed E-state index contributed by atoms with van der Waals surface area (Å²) in [5, 5.41) is 14.9. The van der Waals surface area contributed by atoms with Crippen LogP contribution in [0.5, 0.6) is 0 Å². The number of rotatable bonds is 5. The molecule has 0 aliphatic carbocycles. The predicted molar refractivity (Wildman–Crippen MR) is 91.2 cm³/mol. The number of aryl methyl sites for hydroxylation is 1. The summed E-state index contributed by atoms with van der Waals surface area (Å²) in [6, 6.07) is 1.19. The SMILES string of the molecule is CC(=O)SC(CC(=O)[N+]1(C(=O)O)CCC[C@H]1C)C(=O)c1cc(C)[nH]n1. The van der Waals surface area contributed by atoms with Crippen molar-refractivity contribution in [2.45, 2.75) is 51.3 Å². The average Bonchev–Trinajstić information content (AvgIpc) is 3.11. The van der Waals surface area contributed by atoms with Crippen molar-refractivity contribution in [2.75, 3.05) is 6.54 Å². The first-order valence-electron chi connectivity index (χ1n) is 8.06. The molecular formula is C16H22N3O5S+. The first-order valence-corrected chi connectivity index (χ1v) is 8.94. The first kappa shape index (κ1) is 19.3. The van der Waals surface area contributed by atoms with E-state index in [9.17, 15) is 24.3 Å². The van der Waals surface area contributed by atoms with E-state index in [1.165, 1.54) is 6.92 Å². The Morgan fingerprint density at radius 2 is 2.12 bits per heavy atom. The van der Waals surface area contributed by atoms with Gasteiger partial charge in [0.2, 0.25) is 0 Å². The number of imide groups is 1. The van der Waals surface area contributed by atoms with Gasteiger partial charge in [-0.15, -0.1) is 0 Å². The number of ketones is 1. The molecule has 3 atom stereocenters. The van der Waals surface area contributed by atoms with Crippen LogP contribution in [0.3, 0.4) is 0 Å². The molecule has 8 nitrogen and oxygen atoms in total. The Morgan fingerprint density at radius 1 is 1.44 bits per heavy atom. The van der Waals surface area contributed by atoms with E-state index in [2.05, 4.69) is 10.2 Å². The molecule has 9 heteroatoms. The highest BCUT2D eigenvalue weighted by molar-refractivity contribution is 8.14. The van der Waals surface area contributed by atoms with Gasteiger partial charge < -0.3 is 5.11 Å². The third-order valence-electron chi connectivity index (χ3n) is 4.59. The van der Waals surface area contributed by atoms with Gasteiger partial charge in [0.15, 0.2) is 10.9 Å². The van der Waals surface area contributed by atoms with Gasteiger partial charge in [-0.1, -0.05) is 11.8 Å². The minimum absolute atomic E-state index is 0.139. The molecule has 2 amide bonds. The van der Waals surface area contributed by atoms with Crippen LogP contribution in [0.1, 0.15) is 49.3 Å². The lowest BCUT2D eigenvalue weighted by molar-refractivity contribution is -0.792. The molecule has 1 saturated heterocycles. The average molecular weight is 368 g/mol. The number of amides is 2. The number of H-pyrrole nitrogens is 1. The van der Waals surface area contributed by atoms with Crippen LogP contribution in [0.4, 0.5) is 4.79 Å². The van der Waals surface area contributed by atoms with Gasteiger partial charge in [0.25, 0.3) is 0 Å². The largest absolute Gasteiger partial charge is 0.521 e. The first-order chi connectivity index (χ1) is 11.7. The summed E-state index contributed by atoms with van der Waals surface area (Å²) < 4.78 is -0.679. The number of thioether (sulfide) groups is 1. The molecule has 2 rings (SSSR count). The fraction of sp³-hybridized carbons (Fsp3) is 0.562. The van der Waals surface area contributed by atoms with Crippen molar-refractivity contribution in [1.29, 1.82) is 0 Å². The minimum Gasteiger partial charge on any atom is -0.435 e. The number of hydrogen-bond donors (Lipinski definition) is 2. The molecule has 2 unspecified atom stereocenters. The molecule has 0 radical (unpaired) electrons. The van der Waals surface area contributed by atoms with Crippen LogP contribution in [0.2, 0.25) is 0 Å². The monoisotopic (exact) mass is 368 g/mol. The molecule has 1 fully saturated rings. The minimum atomic E-state index is -1.20. The topological polar surface area (TPSA) is 117 Å². The van der Waals surface area contributed by atoms with Gasteiger partial charge >= 0.3 is 12.0 Å². The fourth-order valence-corrected chi connectivity index (χ4v) is 4.11. The number of aromatic amines is 1. The maximum Gasteiger partial charge on any atom is 0.521 e. The van der Waals surface area contributed by atoms with Gasteiger partial charge in [-0.2, -0.15) is 14.4 Å². The van der Waals surface area contributed by atoms with Gasteiger partial charge in [-0.3, -0.25) is 14.7 Å². The summed E-state index contributed by atoms with van der Waals surface area (Å²) in [5.74, 6) is -0.995. The van der Waals surface area contributed by atoms with Crippen molar-refractivity contribution in [3.63, 3.8) is 0 Å². The fourth-order valence-electron chi connectivity index (χ4n) is 3.26. The Balaban J connectivity index is 2.27. The van der Waals surface area contributed by atoms with E-state index in [-0.39, 0.29) is 29.8 Å². The van der Waals surface area contributed by atoms with Gasteiger partial charge in [0.05, 0.1) is 18.2 Å². The number of likely N-dealkylation sites (tertiary alicyclic amines) is 1. The van der Waals surface area contributed by atoms with E-state index in [1.54, 1.807) is 19.9 Å². The summed E-state index contributed by atoms with van der Waals surface area (Å²) >= 11 is 0.744. The van der Waals surface area contributed by atoms with Crippen LogP contribution in [0.15, 0.2) is 6.07 Å². The molecule has 136 valence electrons. The number of quaternary nitrogens is 1. The molecule has 25 heavy (non-hydrogen) atoms. The third kappa shape index (κ3) is 3.82. The zero-order valence-corrected chi connectivity index (χ0v) is 15.3. The molecule has 0 saturated carbocycles. The maximum absolute atomic E-state index is 12.8. The lowest BCUT2D eigenvalue weighted by atomic mass is 10.1. The van der Waals surface area contributed by atoms with E-state index in [4.69, 9.17) is 0 Å². The van der Waals surface area contributed by atoms with Crippen molar-refractivity contribution >= 4 is 34.7 Å². The van der Waals surface area contributed by atoms with Gasteiger partial charge in [-0.05, 0) is 19.9 Å². The number of hydrogen-bond acceptors (Lipinski definition) is 6. The van der Waals surface area contributed by atoms with Crippen molar-refractivity contribution < 1.29 is 28.8 Å². The lowest BCUT2D eigenvalue weighted by Gasteiger charge is -2.30. The maximum atomic E-state index is 12.8. The number of aromatic nitrogens is 2. The number of carboxylic acid groups (broad SMARTS) is 1. The van der Waals surface area contributed by atoms with Crippen molar-refractivity contribution in [1.82, 2.24) is 10.2 Å². The molecular weight excluding hydrogens is 346 g/mol. The van der Waals surface area contributed by atoms with Crippen LogP contribution in [0, 0.1) is 6.92 Å². The molecule has 1 aliphatic rings. The molecule has 0 spiro atoms. The number of nitrogens with zero attached hydrogens (tertiary/aromatic N) is 2. The number of carbonyl (C=O) groups is 4. The molecule has 2 heterocycles. The Morgan fingerprint density at radius 3 is 2.56 bits per heavy atom. The summed E-state index contributed by atoms with van der Waals surface area (Å²) in [6.45, 7) is 4.98. The van der Waals surface area contributed by atoms with Gasteiger partial charge in [0, 0.05) is 25.5 Å². The summed E-state index contributed by atoms with van der Waals surface area (Å²) in [5.41, 5.74) is 0.823. The quantitative estimate of drug-likeness (QED) is 0.604. The van der Waals surface area contributed by atoms with Gasteiger partial charge in [-0.25, -0.2) is 4.79 Å². The Labute approximate surface area is 149 Å². The molecule has 1 aliphatic heterocycles. The van der Waals surface area contributed by atoms with Crippen LogP contribution in [-0.4, -0.2) is 60.5 Å². The van der Waals surface area contributed by atoms with Crippen LogP contribution in [0.25, 0.3) is 0 Å². The van der Waals surface area contributed by atoms with Crippen molar-refractivity contribution in [2.24, 2.45) is 0 Å². The second kappa shape index (κ2) is 7.49. The van der Waals surface area contributed by atoms with Crippen LogP contribution in [-0.2, 0) is 9.59 Å². The normalized spacial score (nSPS) is 24.0. The van der Waals surface area contributed by atoms with Crippen LogP contribution < -0.4 is 0 Å². The summed E-state index contributed by atoms with van der Waals surface area (Å²) in [4.78, 5) is 48.8. The smallest absolute Gasteiger partial charge is 0.435 e. The highest BCUT2D eigenvalue weighted by Crippen LogP contribution is 2.31. The van der Waals surface area contributed by atoms with Crippen molar-refractivity contribution in [3.05, 3.63) is 17.5 Å². The second-order valence-electron chi connectivity index (χ2n) is 6.36. The van der Waals surface area contributed by atoms with E-state index < -0.39 is 27.5 Å². The predicted octanol–water partition coefficient (Wildman–Crippen LogP) is 2.14. The highest BCUT2D eigenvalue weighted by Gasteiger charge is 2.53. The van der Waals surface area contributed by atoms with Gasteiger partial charge in [0.1, 0.15) is 11.7 Å². The number of nitrogens with one attached hydrogen (secondary N) is 1. The molecule has 2 N–H and O–H groups in total. The number of Topliss-reactive ketones (excluding diaryl/α,β-unsaturated/α-hetero) is 1. The second-order valence-corrected chi connectivity index (χ2v) is 7.74. The third-order valence-corrected chi connectivity index (χ3v) is 5.59. The molecule has 0 bridgehead atoms. The molecule has 1 aromatic heterocycles. The summed E-state index contributed by atoms with van der Waals surface area (Å²) in [6.07, 6.45) is -0.249. The standard InChI is InChI=1S/C16H21N3O5S/c1-9-7-12(18-17-9)15(22)13(25-11(3)20)8-14(21)19(16(23)24)6-4-5-10(19)2/h7,10,13H,4-6,8H2,1-3H3,(H-,17,18,22,23,24)/p+1/t10-,13?,19?/m1/s1. The molecule has 0 aromatic carbocycles. The van der Waals surface area contributed by atoms with E-state index >= 15 is 0 Å². The number of carbonyl (C=O) groups excluding carboxylic acids is 3. The zero-order valence-electron chi connectivity index (χ0n) is 14.4. The highest BCUT2D eigenvalue weighted by atomic mass is 32.2. The van der Waals surface area contributed by atoms with E-state index in [0.29, 0.717) is 18.5 Å². The Hall–Kier alpha value is -2.00. The van der Waals surface area contributed by atoms with E-state index in [0.717, 1.165) is 11.8 Å². The van der Waals surface area contributed by atoms with Crippen LogP contribution >= 0.6 is 11.8 Å². The van der Waals surface area contributed by atoms with Crippen molar-refractivity contribution in [3.8, 4) is 0 Å². The summed E-state index contributed by atoms with van der Waals surface area (Å²) in [7, 11) is 0. The zero-order chi connectivity index (χ0) is 18.8. The van der Waals surface area contributed by atoms with E-state index in [1.807, 2.05) is 0 Å². The Bertz CT molecular complexity index is 716. The Kier molecular flexibility index (Phi) is 5.79.